The molecular weight excluding hydrogens is 740 g/mol. The van der Waals surface area contributed by atoms with Gasteiger partial charge in [0.15, 0.2) is 5.82 Å². The van der Waals surface area contributed by atoms with Gasteiger partial charge in [-0.2, -0.15) is 18.2 Å². The molecule has 3 heterocycles. The Kier molecular flexibility index (Phi) is 8.84. The summed E-state index contributed by atoms with van der Waals surface area (Å²) in [7, 11) is 0. The standard InChI is InChI=1S/C37H31Cl2F3N4O7/c1-16-11-18(12-17(2)30(16)49)29-22-7-8-23-28(34(52)45(32(23)50)10-9-27(47)48)24(22)14-25-33(51)46(35(53)36(25,29)19-3-5-21(38)6-4-19)44-31-26(39)13-20(15-43-31)37(40,41)42/h3-7,11-13,15,23-25,28-29,49H,8-10,14H2,1-2H3,(H,43,44)(H,47,48)/t23-,24+,25-,28-,29-,36+/m0/s1. The zero-order valence-corrected chi connectivity index (χ0v) is 29.6. The Hall–Kier alpha value is -4.95. The normalized spacial score (nSPS) is 26.7. The van der Waals surface area contributed by atoms with Gasteiger partial charge in [-0.15, -0.1) is 0 Å². The number of hydrogen-bond donors (Lipinski definition) is 3. The van der Waals surface area contributed by atoms with Crippen molar-refractivity contribution in [3.05, 3.63) is 98.2 Å². The van der Waals surface area contributed by atoms with E-state index in [1.54, 1.807) is 50.2 Å². The smallest absolute Gasteiger partial charge is 0.417 e. The first-order valence-electron chi connectivity index (χ1n) is 16.7. The largest absolute Gasteiger partial charge is 0.507 e. The van der Waals surface area contributed by atoms with Gasteiger partial charge in [0.2, 0.25) is 11.8 Å². The van der Waals surface area contributed by atoms with Crippen LogP contribution >= 0.6 is 23.2 Å². The molecule has 1 aromatic heterocycles. The number of aliphatic carboxylic acids is 1. The van der Waals surface area contributed by atoms with E-state index in [-0.39, 0.29) is 31.0 Å². The summed E-state index contributed by atoms with van der Waals surface area (Å²) in [6.45, 7) is 3.03. The van der Waals surface area contributed by atoms with E-state index in [1.165, 1.54) is 0 Å². The summed E-state index contributed by atoms with van der Waals surface area (Å²) in [5.41, 5.74) is 2.16. The Morgan fingerprint density at radius 2 is 1.66 bits per heavy atom. The number of pyridine rings is 1. The van der Waals surface area contributed by atoms with Crippen molar-refractivity contribution in [1.82, 2.24) is 14.9 Å². The Morgan fingerprint density at radius 3 is 2.26 bits per heavy atom. The van der Waals surface area contributed by atoms with Crippen LogP contribution in [0.5, 0.6) is 5.75 Å². The second-order valence-electron chi connectivity index (χ2n) is 13.9. The van der Waals surface area contributed by atoms with E-state index in [4.69, 9.17) is 23.2 Å². The van der Waals surface area contributed by atoms with Gasteiger partial charge in [-0.25, -0.2) is 4.98 Å². The number of nitrogens with one attached hydrogen (secondary N) is 1. The molecule has 1 saturated carbocycles. The SMILES string of the molecule is Cc1cc([C@H]2C3=CC[C@@H]4C(=O)N(CCC(=O)O)C(=O)[C@@H]4[C@@H]3C[C@H]3C(=O)N(Nc4ncc(C(F)(F)F)cc4Cl)C(=O)[C@@]23c2ccc(Cl)cc2)cc(C)c1O. The molecule has 0 unspecified atom stereocenters. The lowest BCUT2D eigenvalue weighted by atomic mass is 9.49. The number of hydrogen-bond acceptors (Lipinski definition) is 8. The van der Waals surface area contributed by atoms with E-state index in [1.807, 2.05) is 6.08 Å². The van der Waals surface area contributed by atoms with Gasteiger partial charge in [-0.3, -0.25) is 34.3 Å². The van der Waals surface area contributed by atoms with E-state index >= 15 is 4.79 Å². The van der Waals surface area contributed by atoms with Gasteiger partial charge >= 0.3 is 12.1 Å². The molecule has 53 heavy (non-hydrogen) atoms. The molecule has 4 amide bonds. The van der Waals surface area contributed by atoms with Gasteiger partial charge in [0.1, 0.15) is 5.75 Å². The first kappa shape index (κ1) is 36.4. The first-order valence-corrected chi connectivity index (χ1v) is 17.4. The van der Waals surface area contributed by atoms with Crippen LogP contribution in [0.3, 0.4) is 0 Å². The van der Waals surface area contributed by atoms with Crippen molar-refractivity contribution in [2.75, 3.05) is 12.0 Å². The maximum atomic E-state index is 15.2. The lowest BCUT2D eigenvalue weighted by molar-refractivity contribution is -0.143. The molecule has 0 radical (unpaired) electrons. The predicted octanol–water partition coefficient (Wildman–Crippen LogP) is 6.19. The second-order valence-corrected chi connectivity index (χ2v) is 14.7. The van der Waals surface area contributed by atoms with Crippen LogP contribution in [0, 0.1) is 37.5 Å². The summed E-state index contributed by atoms with van der Waals surface area (Å²) in [6, 6.07) is 10.4. The number of rotatable bonds is 7. The predicted molar refractivity (Wildman–Crippen MR) is 183 cm³/mol. The number of carbonyl (C=O) groups is 5. The number of carboxylic acids is 1. The number of likely N-dealkylation sites (tertiary alicyclic amines) is 1. The summed E-state index contributed by atoms with van der Waals surface area (Å²) in [5, 5.41) is 20.6. The fraction of sp³-hybridized carbons (Fsp3) is 0.351. The molecule has 0 spiro atoms. The van der Waals surface area contributed by atoms with E-state index in [9.17, 15) is 42.6 Å². The minimum absolute atomic E-state index is 0.0154. The first-order chi connectivity index (χ1) is 25.0. The number of amides is 4. The number of alkyl halides is 3. The van der Waals surface area contributed by atoms with Crippen LogP contribution in [-0.4, -0.2) is 61.2 Å². The Labute approximate surface area is 310 Å². The third-order valence-electron chi connectivity index (χ3n) is 11.0. The monoisotopic (exact) mass is 770 g/mol. The van der Waals surface area contributed by atoms with Crippen molar-refractivity contribution in [3.8, 4) is 5.75 Å². The molecule has 3 aromatic rings. The number of benzene rings is 2. The number of anilines is 1. The Balaban J connectivity index is 1.43. The highest BCUT2D eigenvalue weighted by atomic mass is 35.5. The lowest BCUT2D eigenvalue weighted by Gasteiger charge is -2.50. The Morgan fingerprint density at radius 1 is 1.00 bits per heavy atom. The van der Waals surface area contributed by atoms with Gasteiger partial charge < -0.3 is 10.2 Å². The molecule has 2 aliphatic carbocycles. The zero-order valence-electron chi connectivity index (χ0n) is 28.1. The summed E-state index contributed by atoms with van der Waals surface area (Å²) in [4.78, 5) is 73.7. The molecule has 7 rings (SSSR count). The number of phenols is 1. The molecule has 4 aliphatic rings. The Bertz CT molecular complexity index is 2120. The number of allylic oxidation sites excluding steroid dienone is 2. The van der Waals surface area contributed by atoms with Gasteiger partial charge in [0.05, 0.1) is 40.2 Å². The topological polar surface area (TPSA) is 157 Å². The maximum Gasteiger partial charge on any atom is 0.417 e. The molecule has 276 valence electrons. The quantitative estimate of drug-likeness (QED) is 0.188. The highest BCUT2D eigenvalue weighted by Gasteiger charge is 2.70. The minimum atomic E-state index is -4.76. The van der Waals surface area contributed by atoms with Crippen molar-refractivity contribution < 1.29 is 47.4 Å². The van der Waals surface area contributed by atoms with Crippen molar-refractivity contribution >= 4 is 58.6 Å². The number of carboxylic acid groups (broad SMARTS) is 1. The maximum absolute atomic E-state index is 15.2. The van der Waals surface area contributed by atoms with Crippen LogP contribution in [0.25, 0.3) is 0 Å². The number of aromatic nitrogens is 1. The number of nitrogens with zero attached hydrogens (tertiary/aromatic N) is 3. The molecule has 3 fully saturated rings. The highest BCUT2D eigenvalue weighted by Crippen LogP contribution is 2.64. The van der Waals surface area contributed by atoms with Crippen LogP contribution in [0.1, 0.15) is 53.0 Å². The third kappa shape index (κ3) is 5.65. The number of aryl methyl sites for hydroxylation is 2. The van der Waals surface area contributed by atoms with E-state index in [0.717, 1.165) is 4.90 Å². The molecular formula is C37H31Cl2F3N4O7. The molecule has 0 bridgehead atoms. The van der Waals surface area contributed by atoms with Crippen LogP contribution in [-0.2, 0) is 35.6 Å². The average molecular weight is 772 g/mol. The average Bonchev–Trinajstić information content (AvgIpc) is 3.47. The molecule has 3 N–H and O–H groups in total. The van der Waals surface area contributed by atoms with Crippen LogP contribution in [0.15, 0.2) is 60.3 Å². The molecule has 16 heteroatoms. The van der Waals surface area contributed by atoms with Gasteiger partial charge in [0.25, 0.3) is 11.8 Å². The number of hydrazine groups is 1. The van der Waals surface area contributed by atoms with Crippen LogP contribution in [0.2, 0.25) is 10.0 Å². The molecule has 11 nitrogen and oxygen atoms in total. The van der Waals surface area contributed by atoms with Crippen LogP contribution in [0.4, 0.5) is 19.0 Å². The van der Waals surface area contributed by atoms with Crippen molar-refractivity contribution in [2.24, 2.45) is 23.7 Å². The van der Waals surface area contributed by atoms with Crippen molar-refractivity contribution in [3.63, 3.8) is 0 Å². The van der Waals surface area contributed by atoms with Gasteiger partial charge in [0, 0.05) is 23.7 Å². The number of aromatic hydroxyl groups is 1. The number of imide groups is 2. The number of fused-ring (bicyclic) bond motifs is 4. The van der Waals surface area contributed by atoms with Crippen LogP contribution < -0.4 is 5.43 Å². The van der Waals surface area contributed by atoms with Crippen molar-refractivity contribution in [2.45, 2.75) is 50.6 Å². The molecule has 2 aliphatic heterocycles. The second kappa shape index (κ2) is 12.9. The van der Waals surface area contributed by atoms with E-state index in [2.05, 4.69) is 10.4 Å². The zero-order chi connectivity index (χ0) is 38.3. The highest BCUT2D eigenvalue weighted by molar-refractivity contribution is 6.33. The minimum Gasteiger partial charge on any atom is -0.507 e. The fourth-order valence-electron chi connectivity index (χ4n) is 8.81. The summed E-state index contributed by atoms with van der Waals surface area (Å²) in [5.74, 6) is -8.93. The summed E-state index contributed by atoms with van der Waals surface area (Å²) in [6.07, 6.45) is -2.87. The number of halogens is 5. The van der Waals surface area contributed by atoms with Gasteiger partial charge in [-0.1, -0.05) is 59.1 Å². The molecule has 2 saturated heterocycles. The summed E-state index contributed by atoms with van der Waals surface area (Å²) >= 11 is 12.5. The fourth-order valence-corrected chi connectivity index (χ4v) is 9.14. The summed E-state index contributed by atoms with van der Waals surface area (Å²) < 4.78 is 40.3. The van der Waals surface area contributed by atoms with Crippen molar-refractivity contribution in [1.29, 1.82) is 0 Å². The number of carbonyl (C=O) groups excluding carboxylic acids is 4. The third-order valence-corrected chi connectivity index (χ3v) is 11.6. The van der Waals surface area contributed by atoms with E-state index in [0.29, 0.717) is 50.1 Å². The molecule has 6 atom stereocenters. The molecule has 2 aromatic carbocycles. The lowest BCUT2D eigenvalue weighted by Crippen LogP contribution is -2.53. The number of phenolic OH excluding ortho intramolecular Hbond substituents is 1. The van der Waals surface area contributed by atoms with E-state index < -0.39 is 87.8 Å². The van der Waals surface area contributed by atoms with Gasteiger partial charge in [-0.05, 0) is 73.1 Å².